The molecular formula is C12H22ClNO2. The Morgan fingerprint density at radius 3 is 2.62 bits per heavy atom. The van der Waals surface area contributed by atoms with Crippen LogP contribution in [0.4, 0.5) is 0 Å². The first-order chi connectivity index (χ1) is 7.52. The maximum atomic E-state index is 11.8. The topological polar surface area (TPSA) is 29.5 Å². The number of carbonyl (C=O) groups is 1. The number of alkyl halides is 1. The minimum atomic E-state index is 0.0336. The third-order valence-electron chi connectivity index (χ3n) is 3.08. The largest absolute Gasteiger partial charge is 0.369 e. The van der Waals surface area contributed by atoms with Crippen LogP contribution in [0, 0.1) is 0 Å². The van der Waals surface area contributed by atoms with Gasteiger partial charge < -0.3 is 9.64 Å². The van der Waals surface area contributed by atoms with E-state index >= 15 is 0 Å². The van der Waals surface area contributed by atoms with Gasteiger partial charge in [-0.3, -0.25) is 4.79 Å². The van der Waals surface area contributed by atoms with Gasteiger partial charge in [0.15, 0.2) is 0 Å². The molecule has 2 atom stereocenters. The van der Waals surface area contributed by atoms with E-state index in [0.717, 1.165) is 19.3 Å². The second-order valence-corrected chi connectivity index (χ2v) is 5.29. The lowest BCUT2D eigenvalue weighted by atomic mass is 9.94. The Bertz CT molecular complexity index is 233. The molecule has 1 saturated carbocycles. The van der Waals surface area contributed by atoms with E-state index in [4.69, 9.17) is 16.3 Å². The molecule has 0 aromatic rings. The molecule has 1 fully saturated rings. The monoisotopic (exact) mass is 247 g/mol. The van der Waals surface area contributed by atoms with Crippen LogP contribution in [0.25, 0.3) is 0 Å². The van der Waals surface area contributed by atoms with Gasteiger partial charge in [0.1, 0.15) is 6.61 Å². The second-order valence-electron chi connectivity index (χ2n) is 4.73. The smallest absolute Gasteiger partial charge is 0.248 e. The maximum absolute atomic E-state index is 11.8. The summed E-state index contributed by atoms with van der Waals surface area (Å²) in [6, 6.07) is 0.179. The van der Waals surface area contributed by atoms with Gasteiger partial charge in [0.2, 0.25) is 5.91 Å². The quantitative estimate of drug-likeness (QED) is 0.714. The van der Waals surface area contributed by atoms with Crippen molar-refractivity contribution < 1.29 is 9.53 Å². The Labute approximate surface area is 103 Å². The molecule has 0 bridgehead atoms. The van der Waals surface area contributed by atoms with Crippen LogP contribution in [-0.2, 0) is 9.53 Å². The molecule has 3 nitrogen and oxygen atoms in total. The molecule has 1 rings (SSSR count). The van der Waals surface area contributed by atoms with Gasteiger partial charge in [-0.05, 0) is 26.7 Å². The normalized spacial score (nSPS) is 25.8. The van der Waals surface area contributed by atoms with Crippen LogP contribution >= 0.6 is 11.6 Å². The summed E-state index contributed by atoms with van der Waals surface area (Å²) in [6.45, 7) is 4.02. The molecule has 0 heterocycles. The van der Waals surface area contributed by atoms with Gasteiger partial charge >= 0.3 is 0 Å². The highest BCUT2D eigenvalue weighted by Crippen LogP contribution is 2.26. The summed E-state index contributed by atoms with van der Waals surface area (Å²) in [6.07, 6.45) is 4.45. The predicted molar refractivity (Wildman–Crippen MR) is 65.8 cm³/mol. The van der Waals surface area contributed by atoms with E-state index in [-0.39, 0.29) is 30.0 Å². The summed E-state index contributed by atoms with van der Waals surface area (Å²) >= 11 is 6.25. The molecule has 1 amide bonds. The average Bonchev–Trinajstić information content (AvgIpc) is 2.25. The lowest BCUT2D eigenvalue weighted by Crippen LogP contribution is -2.45. The minimum Gasteiger partial charge on any atom is -0.369 e. The van der Waals surface area contributed by atoms with E-state index in [1.54, 1.807) is 4.90 Å². The fraction of sp³-hybridized carbons (Fsp3) is 0.917. The van der Waals surface area contributed by atoms with E-state index in [1.165, 1.54) is 6.42 Å². The van der Waals surface area contributed by atoms with Gasteiger partial charge in [-0.25, -0.2) is 0 Å². The number of carbonyl (C=O) groups excluding carboxylic acids is 1. The van der Waals surface area contributed by atoms with Gasteiger partial charge in [-0.15, -0.1) is 11.6 Å². The van der Waals surface area contributed by atoms with E-state index < -0.39 is 0 Å². The number of halogens is 1. The third kappa shape index (κ3) is 3.95. The first-order valence-electron chi connectivity index (χ1n) is 6.03. The number of nitrogens with zero attached hydrogens (tertiary/aromatic N) is 1. The zero-order valence-electron chi connectivity index (χ0n) is 10.4. The first-order valence-corrected chi connectivity index (χ1v) is 6.47. The maximum Gasteiger partial charge on any atom is 0.248 e. The number of ether oxygens (including phenoxy) is 1. The molecule has 0 spiro atoms. The van der Waals surface area contributed by atoms with Crippen LogP contribution in [0.2, 0.25) is 0 Å². The van der Waals surface area contributed by atoms with Gasteiger partial charge in [0.05, 0.1) is 11.5 Å². The Morgan fingerprint density at radius 2 is 2.06 bits per heavy atom. The van der Waals surface area contributed by atoms with Crippen LogP contribution in [0.1, 0.15) is 39.5 Å². The van der Waals surface area contributed by atoms with Crippen molar-refractivity contribution in [2.24, 2.45) is 0 Å². The van der Waals surface area contributed by atoms with Crippen LogP contribution < -0.4 is 0 Å². The number of amides is 1. The van der Waals surface area contributed by atoms with E-state index in [9.17, 15) is 4.79 Å². The van der Waals surface area contributed by atoms with Crippen LogP contribution in [0.3, 0.4) is 0 Å². The highest BCUT2D eigenvalue weighted by Gasteiger charge is 2.29. The fourth-order valence-electron chi connectivity index (χ4n) is 2.03. The van der Waals surface area contributed by atoms with Crippen LogP contribution in [-0.4, -0.2) is 42.0 Å². The van der Waals surface area contributed by atoms with Crippen molar-refractivity contribution in [2.75, 3.05) is 13.7 Å². The molecule has 4 heteroatoms. The Morgan fingerprint density at radius 1 is 1.44 bits per heavy atom. The van der Waals surface area contributed by atoms with E-state index in [1.807, 2.05) is 20.9 Å². The standard InChI is InChI=1S/C12H22ClNO2/c1-9(2)16-8-12(15)14(3)11-7-5-4-6-10(11)13/h9-11H,4-8H2,1-3H3. The predicted octanol–water partition coefficient (Wildman–Crippen LogP) is 2.42. The third-order valence-corrected chi connectivity index (χ3v) is 3.59. The van der Waals surface area contributed by atoms with E-state index in [0.29, 0.717) is 0 Å². The number of hydrogen-bond donors (Lipinski definition) is 0. The molecular weight excluding hydrogens is 226 g/mol. The molecule has 0 aliphatic heterocycles. The highest BCUT2D eigenvalue weighted by atomic mass is 35.5. The zero-order chi connectivity index (χ0) is 12.1. The number of hydrogen-bond acceptors (Lipinski definition) is 2. The Hall–Kier alpha value is -0.280. The molecule has 1 aliphatic carbocycles. The SMILES string of the molecule is CC(C)OCC(=O)N(C)C1CCCCC1Cl. The van der Waals surface area contributed by atoms with Crippen molar-refractivity contribution in [3.8, 4) is 0 Å². The molecule has 0 saturated heterocycles. The molecule has 16 heavy (non-hydrogen) atoms. The second kappa shape index (κ2) is 6.45. The molecule has 1 aliphatic rings. The summed E-state index contributed by atoms with van der Waals surface area (Å²) in [7, 11) is 1.83. The summed E-state index contributed by atoms with van der Waals surface area (Å²) in [5.74, 6) is 0.0336. The highest BCUT2D eigenvalue weighted by molar-refractivity contribution is 6.21. The van der Waals surface area contributed by atoms with Crippen molar-refractivity contribution in [1.82, 2.24) is 4.90 Å². The Kier molecular flexibility index (Phi) is 5.56. The zero-order valence-corrected chi connectivity index (χ0v) is 11.2. The lowest BCUT2D eigenvalue weighted by molar-refractivity contribution is -0.138. The van der Waals surface area contributed by atoms with Crippen molar-refractivity contribution >= 4 is 17.5 Å². The van der Waals surface area contributed by atoms with Gasteiger partial charge in [-0.2, -0.15) is 0 Å². The lowest BCUT2D eigenvalue weighted by Gasteiger charge is -2.35. The molecule has 0 N–H and O–H groups in total. The molecule has 0 radical (unpaired) electrons. The molecule has 2 unspecified atom stereocenters. The van der Waals surface area contributed by atoms with Crippen LogP contribution in [0.15, 0.2) is 0 Å². The number of rotatable bonds is 4. The van der Waals surface area contributed by atoms with Crippen molar-refractivity contribution in [3.05, 3.63) is 0 Å². The average molecular weight is 248 g/mol. The molecule has 94 valence electrons. The van der Waals surface area contributed by atoms with Crippen molar-refractivity contribution in [3.63, 3.8) is 0 Å². The van der Waals surface area contributed by atoms with Crippen molar-refractivity contribution in [1.29, 1.82) is 0 Å². The molecule has 0 aromatic heterocycles. The summed E-state index contributed by atoms with van der Waals surface area (Å²) in [4.78, 5) is 13.6. The van der Waals surface area contributed by atoms with Crippen molar-refractivity contribution in [2.45, 2.75) is 57.1 Å². The first kappa shape index (κ1) is 13.8. The van der Waals surface area contributed by atoms with Gasteiger partial charge in [0, 0.05) is 13.1 Å². The minimum absolute atomic E-state index is 0.0336. The molecule has 0 aromatic carbocycles. The summed E-state index contributed by atoms with van der Waals surface area (Å²) < 4.78 is 5.32. The van der Waals surface area contributed by atoms with Crippen LogP contribution in [0.5, 0.6) is 0 Å². The fourth-order valence-corrected chi connectivity index (χ4v) is 2.48. The van der Waals surface area contributed by atoms with Gasteiger partial charge in [0.25, 0.3) is 0 Å². The summed E-state index contributed by atoms with van der Waals surface area (Å²) in [5, 5.41) is 0.0988. The summed E-state index contributed by atoms with van der Waals surface area (Å²) in [5.41, 5.74) is 0. The van der Waals surface area contributed by atoms with Gasteiger partial charge in [-0.1, -0.05) is 12.8 Å². The number of likely N-dealkylation sites (N-methyl/N-ethyl adjacent to an activating group) is 1. The Balaban J connectivity index is 2.42. The van der Waals surface area contributed by atoms with E-state index in [2.05, 4.69) is 0 Å².